The molecule has 0 saturated heterocycles. The zero-order valence-electron chi connectivity index (χ0n) is 6.44. The highest BCUT2D eigenvalue weighted by molar-refractivity contribution is 6.24. The summed E-state index contributed by atoms with van der Waals surface area (Å²) in [6.45, 7) is -0.372. The first-order chi connectivity index (χ1) is 5.02. The van der Waals surface area contributed by atoms with Crippen molar-refractivity contribution in [2.24, 2.45) is 0 Å². The lowest BCUT2D eigenvalue weighted by molar-refractivity contribution is -0.219. The maximum Gasteiger partial charge on any atom is 0.432 e. The van der Waals surface area contributed by atoms with Crippen LogP contribution in [0.3, 0.4) is 0 Å². The number of hydrogen-bond acceptors (Lipinski definition) is 2. The summed E-state index contributed by atoms with van der Waals surface area (Å²) < 4.78 is 44.5. The summed E-state index contributed by atoms with van der Waals surface area (Å²) in [4.78, 5) is 0. The molecule has 0 amide bonds. The van der Waals surface area contributed by atoms with Gasteiger partial charge < -0.3 is 8.53 Å². The van der Waals surface area contributed by atoms with E-state index in [-0.39, 0.29) is 6.61 Å². The van der Waals surface area contributed by atoms with Gasteiger partial charge in [0.15, 0.2) is 6.10 Å². The molecule has 0 aliphatic rings. The van der Waals surface area contributed by atoms with Gasteiger partial charge in [0.1, 0.15) is 0 Å². The molecule has 0 aromatic carbocycles. The van der Waals surface area contributed by atoms with Crippen molar-refractivity contribution in [2.75, 3.05) is 13.7 Å². The van der Waals surface area contributed by atoms with E-state index < -0.39 is 27.8 Å². The van der Waals surface area contributed by atoms with Crippen molar-refractivity contribution in [1.82, 2.24) is 0 Å². The van der Waals surface area contributed by atoms with E-state index in [0.29, 0.717) is 0 Å². The van der Waals surface area contributed by atoms with Crippen molar-refractivity contribution < 1.29 is 21.7 Å². The van der Waals surface area contributed by atoms with Gasteiger partial charge in [-0.15, -0.1) is 0 Å². The molecule has 0 aliphatic carbocycles. The quantitative estimate of drug-likeness (QED) is 0.609. The van der Waals surface area contributed by atoms with Crippen LogP contribution in [0.15, 0.2) is 0 Å². The van der Waals surface area contributed by atoms with Gasteiger partial charge in [-0.05, 0) is 0 Å². The molecule has 0 spiro atoms. The van der Waals surface area contributed by atoms with Crippen molar-refractivity contribution >= 4 is 15.6 Å². The monoisotopic (exact) mass is 186 g/mol. The molecule has 0 heterocycles. The summed E-state index contributed by atoms with van der Waals surface area (Å²) in [6, 6.07) is 0. The fraction of sp³-hybridized carbons (Fsp3) is 1.00. The van der Waals surface area contributed by atoms with E-state index in [9.17, 15) is 13.2 Å². The summed E-state index contributed by atoms with van der Waals surface area (Å²) >= 11 is -0.776. The molecule has 0 saturated carbocycles. The van der Waals surface area contributed by atoms with Crippen molar-refractivity contribution in [1.29, 1.82) is 0 Å². The second-order valence-electron chi connectivity index (χ2n) is 1.93. The Labute approximate surface area is 69.7 Å². The van der Waals surface area contributed by atoms with Gasteiger partial charge in [-0.1, -0.05) is 5.79 Å². The molecule has 11 heavy (non-hydrogen) atoms. The lowest BCUT2D eigenvalue weighted by Gasteiger charge is -2.18. The minimum Gasteiger partial charge on any atom is -0.501 e. The van der Waals surface area contributed by atoms with Gasteiger partial charge in [0.05, 0.1) is 6.61 Å². The minimum absolute atomic E-state index is 0.372. The lowest BCUT2D eigenvalue weighted by atomic mass is 10.4. The van der Waals surface area contributed by atoms with E-state index in [1.54, 1.807) is 5.79 Å². The smallest absolute Gasteiger partial charge is 0.432 e. The largest absolute Gasteiger partial charge is 0.501 e. The first-order valence-electron chi connectivity index (χ1n) is 3.19. The number of ether oxygens (including phenoxy) is 1. The van der Waals surface area contributed by atoms with Crippen molar-refractivity contribution in [3.05, 3.63) is 0 Å². The molecule has 66 valence electrons. The molecule has 0 aliphatic heterocycles. The molecule has 0 bridgehead atoms. The average molecular weight is 186 g/mol. The van der Waals surface area contributed by atoms with E-state index in [1.807, 2.05) is 0 Å². The number of alkyl halides is 3. The number of halogens is 3. The fourth-order valence-electron chi connectivity index (χ4n) is 0.521. The van der Waals surface area contributed by atoms with Gasteiger partial charge in [0.2, 0.25) is 0 Å². The Bertz CT molecular complexity index is 106. The highest BCUT2D eigenvalue weighted by Crippen LogP contribution is 2.22. The van der Waals surface area contributed by atoms with Crippen LogP contribution in [0.5, 0.6) is 0 Å². The Hall–Kier alpha value is 0.242. The average Bonchev–Trinajstić information content (AvgIpc) is 1.87. The second-order valence-corrected chi connectivity index (χ2v) is 2.91. The normalized spacial score (nSPS) is 14.6. The Morgan fingerprint density at radius 1 is 1.45 bits per heavy atom. The Morgan fingerprint density at radius 2 is 2.00 bits per heavy atom. The highest BCUT2D eigenvalue weighted by Gasteiger charge is 2.39. The Kier molecular flexibility index (Phi) is 5.10. The first-order valence-corrected chi connectivity index (χ1v) is 5.18. The molecule has 0 aromatic rings. The zero-order valence-corrected chi connectivity index (χ0v) is 7.86. The van der Waals surface area contributed by atoms with Crippen LogP contribution in [0.25, 0.3) is 0 Å². The van der Waals surface area contributed by atoms with Crippen LogP contribution in [0.1, 0.15) is 0 Å². The van der Waals surface area contributed by atoms with Gasteiger partial charge in [-0.3, -0.25) is 0 Å². The lowest BCUT2D eigenvalue weighted by Crippen LogP contribution is -2.35. The Morgan fingerprint density at radius 3 is 2.27 bits per heavy atom. The molecular weight excluding hydrogens is 176 g/mol. The van der Waals surface area contributed by atoms with Crippen LogP contribution in [-0.4, -0.2) is 41.6 Å². The standard InChI is InChI=1S/C4H6F3O2.CH3.Al.H/c1-9-3(2-8)4(5,6)7;;;/h3H,2H2,1H3;1H3;;/q-1;;+1;. The second kappa shape index (κ2) is 4.99. The molecule has 6 heteroatoms. The SMILES string of the molecule is COC(C[O][AlH][CH3])C(F)(F)F. The summed E-state index contributed by atoms with van der Waals surface area (Å²) in [6.07, 6.45) is -6.08. The van der Waals surface area contributed by atoms with Gasteiger partial charge in [-0.25, -0.2) is 0 Å². The molecule has 0 aromatic heterocycles. The molecule has 0 radical (unpaired) electrons. The van der Waals surface area contributed by atoms with E-state index in [1.165, 1.54) is 0 Å². The predicted molar refractivity (Wildman–Crippen MR) is 35.8 cm³/mol. The summed E-state index contributed by atoms with van der Waals surface area (Å²) in [7, 11) is 1.03. The van der Waals surface area contributed by atoms with Gasteiger partial charge in [0, 0.05) is 7.11 Å². The van der Waals surface area contributed by atoms with Crippen LogP contribution in [-0.2, 0) is 8.53 Å². The molecule has 2 nitrogen and oxygen atoms in total. The van der Waals surface area contributed by atoms with Crippen molar-refractivity contribution in [3.63, 3.8) is 0 Å². The third-order valence-electron chi connectivity index (χ3n) is 1.12. The summed E-state index contributed by atoms with van der Waals surface area (Å²) in [5, 5.41) is 0. The van der Waals surface area contributed by atoms with Gasteiger partial charge in [0.25, 0.3) is 0 Å². The van der Waals surface area contributed by atoms with Gasteiger partial charge in [-0.2, -0.15) is 13.2 Å². The highest BCUT2D eigenvalue weighted by atomic mass is 27.1. The van der Waals surface area contributed by atoms with Crippen LogP contribution in [0, 0.1) is 0 Å². The van der Waals surface area contributed by atoms with Crippen LogP contribution in [0.4, 0.5) is 13.2 Å². The van der Waals surface area contributed by atoms with E-state index in [0.717, 1.165) is 7.11 Å². The topological polar surface area (TPSA) is 18.5 Å². The zero-order chi connectivity index (χ0) is 8.91. The van der Waals surface area contributed by atoms with Crippen molar-refractivity contribution in [2.45, 2.75) is 18.1 Å². The maximum absolute atomic E-state index is 11.9. The maximum atomic E-state index is 11.9. The number of rotatable bonds is 4. The number of hydrogen-bond donors (Lipinski definition) is 0. The summed E-state index contributed by atoms with van der Waals surface area (Å²) in [5.41, 5.74) is 0. The summed E-state index contributed by atoms with van der Waals surface area (Å²) in [5.74, 6) is 1.77. The first kappa shape index (κ1) is 11.2. The molecule has 1 unspecified atom stereocenters. The fourth-order valence-corrected chi connectivity index (χ4v) is 0.971. The Balaban J connectivity index is 3.76. The molecule has 0 fully saturated rings. The van der Waals surface area contributed by atoms with Crippen LogP contribution >= 0.6 is 0 Å². The molecule has 0 rings (SSSR count). The van der Waals surface area contributed by atoms with Crippen molar-refractivity contribution in [3.8, 4) is 0 Å². The molecule has 0 N–H and O–H groups in total. The predicted octanol–water partition coefficient (Wildman–Crippen LogP) is 0.980. The van der Waals surface area contributed by atoms with Gasteiger partial charge >= 0.3 is 21.7 Å². The van der Waals surface area contributed by atoms with Crippen LogP contribution in [0.2, 0.25) is 5.79 Å². The number of methoxy groups -OCH3 is 1. The molecular formula is C5H10AlF3O2. The minimum atomic E-state index is -4.31. The van der Waals surface area contributed by atoms with Crippen LogP contribution < -0.4 is 0 Å². The third kappa shape index (κ3) is 4.64. The van der Waals surface area contributed by atoms with E-state index in [4.69, 9.17) is 3.79 Å². The van der Waals surface area contributed by atoms with E-state index >= 15 is 0 Å². The van der Waals surface area contributed by atoms with E-state index in [2.05, 4.69) is 4.74 Å². The molecule has 1 atom stereocenters. The third-order valence-corrected chi connectivity index (χ3v) is 1.77.